The third-order valence-corrected chi connectivity index (χ3v) is 7.79. The van der Waals surface area contributed by atoms with E-state index in [0.717, 1.165) is 41.8 Å². The Hall–Kier alpha value is -4.40. The van der Waals surface area contributed by atoms with Gasteiger partial charge in [-0.05, 0) is 37.8 Å². The highest BCUT2D eigenvalue weighted by Gasteiger charge is 2.35. The molecule has 0 atom stereocenters. The number of carbonyl (C=O) groups excluding carboxylic acids is 1. The van der Waals surface area contributed by atoms with Crippen LogP contribution in [0.2, 0.25) is 0 Å². The normalized spacial score (nSPS) is 13.4. The summed E-state index contributed by atoms with van der Waals surface area (Å²) in [6.07, 6.45) is 4.06. The topological polar surface area (TPSA) is 142 Å². The van der Waals surface area contributed by atoms with Gasteiger partial charge in [0, 0.05) is 51.8 Å². The van der Waals surface area contributed by atoms with Crippen molar-refractivity contribution < 1.29 is 22.0 Å². The summed E-state index contributed by atoms with van der Waals surface area (Å²) in [5.74, 6) is -1.78. The Bertz CT molecular complexity index is 1760. The fourth-order valence-corrected chi connectivity index (χ4v) is 5.12. The molecule has 216 valence electrons. The van der Waals surface area contributed by atoms with Crippen molar-refractivity contribution in [2.75, 3.05) is 37.6 Å². The van der Waals surface area contributed by atoms with Gasteiger partial charge in [0.2, 0.25) is 5.95 Å². The molecule has 0 saturated heterocycles. The first-order valence-electron chi connectivity index (χ1n) is 12.6. The number of amides is 1. The molecule has 15 heteroatoms. The number of rotatable bonds is 8. The van der Waals surface area contributed by atoms with E-state index < -0.39 is 32.1 Å². The minimum atomic E-state index is -3.86. The first-order chi connectivity index (χ1) is 19.3. The fraction of sp³-hybridized carbons (Fsp3) is 0.346. The van der Waals surface area contributed by atoms with Gasteiger partial charge in [0.1, 0.15) is 28.6 Å². The molecular formula is C26H29F2N9O3S. The van der Waals surface area contributed by atoms with Gasteiger partial charge in [-0.1, -0.05) is 0 Å². The second-order valence-corrected chi connectivity index (χ2v) is 12.3. The molecule has 1 aliphatic carbocycles. The van der Waals surface area contributed by atoms with Crippen molar-refractivity contribution in [3.8, 4) is 11.4 Å². The number of aromatic nitrogens is 6. The maximum Gasteiger partial charge on any atom is 0.272 e. The molecule has 1 aliphatic rings. The average Bonchev–Trinajstić information content (AvgIpc) is 3.53. The number of carbonyl (C=O) groups is 1. The maximum absolute atomic E-state index is 15.2. The van der Waals surface area contributed by atoms with Crippen LogP contribution in [-0.2, 0) is 16.9 Å². The number of hydrogen-bond acceptors (Lipinski definition) is 9. The van der Waals surface area contributed by atoms with E-state index in [1.807, 2.05) is 6.92 Å². The van der Waals surface area contributed by atoms with Crippen molar-refractivity contribution in [3.63, 3.8) is 0 Å². The van der Waals surface area contributed by atoms with Gasteiger partial charge in [-0.3, -0.25) is 9.89 Å². The van der Waals surface area contributed by atoms with Crippen LogP contribution in [0.3, 0.4) is 0 Å². The zero-order valence-corrected chi connectivity index (χ0v) is 24.1. The van der Waals surface area contributed by atoms with E-state index in [-0.39, 0.29) is 23.5 Å². The summed E-state index contributed by atoms with van der Waals surface area (Å²) in [5, 5.41) is 10.3. The number of H-pyrrole nitrogens is 1. The predicted molar refractivity (Wildman–Crippen MR) is 148 cm³/mol. The summed E-state index contributed by atoms with van der Waals surface area (Å²) >= 11 is 0. The number of nitrogens with zero attached hydrogens (tertiary/aromatic N) is 7. The van der Waals surface area contributed by atoms with Gasteiger partial charge in [0.25, 0.3) is 5.91 Å². The summed E-state index contributed by atoms with van der Waals surface area (Å²) in [7, 11) is 2.45. The van der Waals surface area contributed by atoms with Crippen LogP contribution in [0.5, 0.6) is 0 Å². The third-order valence-electron chi connectivity index (χ3n) is 6.70. The van der Waals surface area contributed by atoms with Crippen LogP contribution in [0, 0.1) is 18.6 Å². The van der Waals surface area contributed by atoms with Crippen molar-refractivity contribution in [3.05, 3.63) is 53.1 Å². The van der Waals surface area contributed by atoms with Crippen LogP contribution in [-0.4, -0.2) is 76.3 Å². The van der Waals surface area contributed by atoms with E-state index in [4.69, 9.17) is 4.98 Å². The van der Waals surface area contributed by atoms with Gasteiger partial charge in [0.05, 0.1) is 11.2 Å². The standard InChI is InChI=1S/C26H29F2N9O3S/c1-13-9-18(34-33-13)30-24-19(14-7-8-14)20(21-23(25(38)35(2)3)36(4)12-29-21)31-26(32-24)37(5)22-16(27)10-15(11-17(22)28)41(6,39)40/h9-12,14H,7-8H2,1-6H3,(H2,30,31,32,33,34). The Morgan fingerprint density at radius 1 is 1.10 bits per heavy atom. The smallest absolute Gasteiger partial charge is 0.272 e. The molecule has 0 aliphatic heterocycles. The lowest BCUT2D eigenvalue weighted by molar-refractivity contribution is 0.0819. The largest absolute Gasteiger partial charge is 0.343 e. The second kappa shape index (κ2) is 10.2. The average molecular weight is 586 g/mol. The number of imidazole rings is 1. The van der Waals surface area contributed by atoms with Gasteiger partial charge in [0.15, 0.2) is 27.3 Å². The SMILES string of the molecule is Cc1cc(Nc2nc(N(C)c3c(F)cc(S(C)(=O)=O)cc3F)nc(-c3ncn(C)c3C(=O)N(C)C)c2C2CC2)n[nH]1. The molecule has 3 aromatic heterocycles. The van der Waals surface area contributed by atoms with Crippen molar-refractivity contribution in [1.82, 2.24) is 34.6 Å². The quantitative estimate of drug-likeness (QED) is 0.317. The number of aromatic amines is 1. The number of anilines is 4. The first kappa shape index (κ1) is 28.1. The Morgan fingerprint density at radius 3 is 2.29 bits per heavy atom. The molecule has 5 rings (SSSR count). The van der Waals surface area contributed by atoms with Crippen LogP contribution >= 0.6 is 0 Å². The molecule has 1 amide bonds. The molecule has 3 heterocycles. The van der Waals surface area contributed by atoms with E-state index in [1.54, 1.807) is 31.8 Å². The van der Waals surface area contributed by atoms with Crippen molar-refractivity contribution in [1.29, 1.82) is 0 Å². The molecule has 0 radical (unpaired) electrons. The van der Waals surface area contributed by atoms with Gasteiger partial charge in [-0.2, -0.15) is 10.1 Å². The predicted octanol–water partition coefficient (Wildman–Crippen LogP) is 3.68. The molecule has 2 N–H and O–H groups in total. The number of hydrogen-bond donors (Lipinski definition) is 2. The number of halogens is 2. The number of sulfone groups is 1. The Labute approximate surface area is 235 Å². The summed E-state index contributed by atoms with van der Waals surface area (Å²) in [6.45, 7) is 1.84. The summed E-state index contributed by atoms with van der Waals surface area (Å²) < 4.78 is 55.9. The fourth-order valence-electron chi connectivity index (χ4n) is 4.49. The van der Waals surface area contributed by atoms with Crippen LogP contribution in [0.4, 0.5) is 32.1 Å². The molecular weight excluding hydrogens is 556 g/mol. The monoisotopic (exact) mass is 585 g/mol. The maximum atomic E-state index is 15.2. The van der Waals surface area contributed by atoms with Crippen LogP contribution in [0.25, 0.3) is 11.4 Å². The Balaban J connectivity index is 1.74. The van der Waals surface area contributed by atoms with Crippen LogP contribution in [0.1, 0.15) is 40.5 Å². The summed E-state index contributed by atoms with van der Waals surface area (Å²) in [6, 6.07) is 3.27. The third kappa shape index (κ3) is 5.36. The Kier molecular flexibility index (Phi) is 7.01. The van der Waals surface area contributed by atoms with E-state index in [0.29, 0.717) is 28.6 Å². The van der Waals surface area contributed by atoms with Gasteiger partial charge in [-0.25, -0.2) is 27.2 Å². The molecule has 0 bridgehead atoms. The van der Waals surface area contributed by atoms with E-state index in [9.17, 15) is 13.2 Å². The zero-order valence-electron chi connectivity index (χ0n) is 23.3. The first-order valence-corrected chi connectivity index (χ1v) is 14.5. The Morgan fingerprint density at radius 2 is 1.76 bits per heavy atom. The zero-order chi connectivity index (χ0) is 29.8. The second-order valence-electron chi connectivity index (χ2n) is 10.3. The lowest BCUT2D eigenvalue weighted by atomic mass is 10.0. The van der Waals surface area contributed by atoms with E-state index in [2.05, 4.69) is 25.5 Å². The molecule has 0 spiro atoms. The summed E-state index contributed by atoms with van der Waals surface area (Å²) in [4.78, 5) is 29.0. The van der Waals surface area contributed by atoms with Gasteiger partial charge >= 0.3 is 0 Å². The van der Waals surface area contributed by atoms with Crippen molar-refractivity contribution in [2.24, 2.45) is 7.05 Å². The molecule has 1 aromatic carbocycles. The highest BCUT2D eigenvalue weighted by Crippen LogP contribution is 2.48. The van der Waals surface area contributed by atoms with Gasteiger partial charge in [-0.15, -0.1) is 0 Å². The molecule has 41 heavy (non-hydrogen) atoms. The highest BCUT2D eigenvalue weighted by atomic mass is 32.2. The number of nitrogens with one attached hydrogen (secondary N) is 2. The molecule has 1 fully saturated rings. The number of aryl methyl sites for hydroxylation is 2. The van der Waals surface area contributed by atoms with Crippen LogP contribution in [0.15, 0.2) is 29.4 Å². The minimum absolute atomic E-state index is 0.0544. The van der Waals surface area contributed by atoms with E-state index >= 15 is 8.78 Å². The molecule has 1 saturated carbocycles. The summed E-state index contributed by atoms with van der Waals surface area (Å²) in [5.41, 5.74) is 1.85. The molecule has 12 nitrogen and oxygen atoms in total. The molecule has 4 aromatic rings. The highest BCUT2D eigenvalue weighted by molar-refractivity contribution is 7.90. The van der Waals surface area contributed by atoms with Crippen molar-refractivity contribution >= 4 is 39.0 Å². The lowest BCUT2D eigenvalue weighted by Gasteiger charge is -2.23. The minimum Gasteiger partial charge on any atom is -0.343 e. The van der Waals surface area contributed by atoms with Crippen molar-refractivity contribution in [2.45, 2.75) is 30.6 Å². The number of benzene rings is 1. The van der Waals surface area contributed by atoms with E-state index in [1.165, 1.54) is 18.3 Å². The lowest BCUT2D eigenvalue weighted by Crippen LogP contribution is -2.25. The van der Waals surface area contributed by atoms with Crippen LogP contribution < -0.4 is 10.2 Å². The molecule has 0 unspecified atom stereocenters. The van der Waals surface area contributed by atoms with Gasteiger partial charge < -0.3 is 19.7 Å².